The maximum atomic E-state index is 3.68. The third kappa shape index (κ3) is 3.46. The van der Waals surface area contributed by atoms with Gasteiger partial charge in [0.05, 0.1) is 0 Å². The third-order valence-electron chi connectivity index (χ3n) is 3.72. The SMILES string of the molecule is Cc1ccc(C(C)NC(C)c2ccc(C)c(C)c2)s1. The summed E-state index contributed by atoms with van der Waals surface area (Å²) in [7, 11) is 0. The van der Waals surface area contributed by atoms with E-state index in [-0.39, 0.29) is 0 Å². The fourth-order valence-electron chi connectivity index (χ4n) is 2.27. The topological polar surface area (TPSA) is 12.0 Å². The molecular formula is C17H23NS. The minimum Gasteiger partial charge on any atom is -0.303 e. The van der Waals surface area contributed by atoms with E-state index in [0.29, 0.717) is 12.1 Å². The minimum absolute atomic E-state index is 0.372. The van der Waals surface area contributed by atoms with Gasteiger partial charge >= 0.3 is 0 Å². The van der Waals surface area contributed by atoms with Gasteiger partial charge in [0.1, 0.15) is 0 Å². The molecule has 2 heteroatoms. The number of nitrogens with one attached hydrogen (secondary N) is 1. The van der Waals surface area contributed by atoms with Crippen LogP contribution in [0.15, 0.2) is 30.3 Å². The van der Waals surface area contributed by atoms with Gasteiger partial charge in [-0.3, -0.25) is 0 Å². The van der Waals surface area contributed by atoms with Crippen molar-refractivity contribution in [3.63, 3.8) is 0 Å². The molecule has 102 valence electrons. The molecule has 1 aromatic carbocycles. The summed E-state index contributed by atoms with van der Waals surface area (Å²) >= 11 is 1.88. The fourth-order valence-corrected chi connectivity index (χ4v) is 3.16. The quantitative estimate of drug-likeness (QED) is 0.818. The van der Waals surface area contributed by atoms with Crippen LogP contribution in [0.5, 0.6) is 0 Å². The summed E-state index contributed by atoms with van der Waals surface area (Å²) in [6, 6.07) is 11.9. The summed E-state index contributed by atoms with van der Waals surface area (Å²) < 4.78 is 0. The van der Waals surface area contributed by atoms with Gasteiger partial charge in [-0.15, -0.1) is 11.3 Å². The number of rotatable bonds is 4. The molecule has 0 fully saturated rings. The first-order valence-electron chi connectivity index (χ1n) is 6.87. The van der Waals surface area contributed by atoms with Crippen molar-refractivity contribution < 1.29 is 0 Å². The lowest BCUT2D eigenvalue weighted by molar-refractivity contribution is 0.500. The zero-order chi connectivity index (χ0) is 14.0. The Kier molecular flexibility index (Phi) is 4.43. The lowest BCUT2D eigenvalue weighted by Gasteiger charge is -2.20. The number of hydrogen-bond donors (Lipinski definition) is 1. The van der Waals surface area contributed by atoms with Gasteiger partial charge in [0.25, 0.3) is 0 Å². The van der Waals surface area contributed by atoms with E-state index < -0.39 is 0 Å². The highest BCUT2D eigenvalue weighted by Gasteiger charge is 2.12. The molecule has 0 spiro atoms. The second-order valence-electron chi connectivity index (χ2n) is 5.40. The third-order valence-corrected chi connectivity index (χ3v) is 4.90. The van der Waals surface area contributed by atoms with Crippen LogP contribution >= 0.6 is 11.3 Å². The van der Waals surface area contributed by atoms with Crippen molar-refractivity contribution >= 4 is 11.3 Å². The molecular weight excluding hydrogens is 250 g/mol. The molecule has 1 aromatic heterocycles. The summed E-state index contributed by atoms with van der Waals surface area (Å²) in [6.45, 7) is 11.0. The molecule has 19 heavy (non-hydrogen) atoms. The van der Waals surface area contributed by atoms with Gasteiger partial charge in [-0.05, 0) is 63.4 Å². The summed E-state index contributed by atoms with van der Waals surface area (Å²) in [5, 5.41) is 3.68. The van der Waals surface area contributed by atoms with E-state index >= 15 is 0 Å². The van der Waals surface area contributed by atoms with Crippen molar-refractivity contribution in [1.29, 1.82) is 0 Å². The second-order valence-corrected chi connectivity index (χ2v) is 6.72. The highest BCUT2D eigenvalue weighted by molar-refractivity contribution is 7.12. The average molecular weight is 273 g/mol. The highest BCUT2D eigenvalue weighted by atomic mass is 32.1. The average Bonchev–Trinajstić information content (AvgIpc) is 2.79. The van der Waals surface area contributed by atoms with E-state index in [1.54, 1.807) is 0 Å². The minimum atomic E-state index is 0.372. The molecule has 0 amide bonds. The molecule has 1 nitrogen and oxygen atoms in total. The van der Waals surface area contributed by atoms with Gasteiger partial charge < -0.3 is 5.32 Å². The van der Waals surface area contributed by atoms with Crippen molar-refractivity contribution in [2.75, 3.05) is 0 Å². The largest absolute Gasteiger partial charge is 0.303 e. The first-order chi connectivity index (χ1) is 8.97. The van der Waals surface area contributed by atoms with Crippen molar-refractivity contribution in [2.24, 2.45) is 0 Å². The van der Waals surface area contributed by atoms with Crippen molar-refractivity contribution in [2.45, 2.75) is 46.7 Å². The standard InChI is InChI=1S/C17H23NS/c1-11-6-8-16(10-12(11)2)14(4)18-15(5)17-9-7-13(3)19-17/h6-10,14-15,18H,1-5H3. The summed E-state index contributed by atoms with van der Waals surface area (Å²) in [6.07, 6.45) is 0. The monoisotopic (exact) mass is 273 g/mol. The predicted molar refractivity (Wildman–Crippen MR) is 84.9 cm³/mol. The summed E-state index contributed by atoms with van der Waals surface area (Å²) in [5.74, 6) is 0. The Morgan fingerprint density at radius 2 is 1.63 bits per heavy atom. The van der Waals surface area contributed by atoms with Crippen molar-refractivity contribution in [3.8, 4) is 0 Å². The molecule has 0 bridgehead atoms. The maximum absolute atomic E-state index is 3.68. The van der Waals surface area contributed by atoms with Crippen LogP contribution in [0.25, 0.3) is 0 Å². The van der Waals surface area contributed by atoms with Crippen molar-refractivity contribution in [1.82, 2.24) is 5.32 Å². The second kappa shape index (κ2) is 5.89. The molecule has 0 aliphatic carbocycles. The normalized spacial score (nSPS) is 14.4. The zero-order valence-electron chi connectivity index (χ0n) is 12.4. The highest BCUT2D eigenvalue weighted by Crippen LogP contribution is 2.25. The van der Waals surface area contributed by atoms with E-state index in [2.05, 4.69) is 70.3 Å². The van der Waals surface area contributed by atoms with Crippen LogP contribution in [-0.4, -0.2) is 0 Å². The van der Waals surface area contributed by atoms with Gasteiger partial charge in [0, 0.05) is 21.8 Å². The molecule has 2 unspecified atom stereocenters. The number of thiophene rings is 1. The van der Waals surface area contributed by atoms with Gasteiger partial charge in [-0.2, -0.15) is 0 Å². The van der Waals surface area contributed by atoms with Crippen LogP contribution in [-0.2, 0) is 0 Å². The molecule has 1 heterocycles. The Bertz CT molecular complexity index is 556. The molecule has 0 aliphatic heterocycles. The first-order valence-corrected chi connectivity index (χ1v) is 7.68. The van der Waals surface area contributed by atoms with Crippen LogP contribution in [0, 0.1) is 20.8 Å². The number of benzene rings is 1. The van der Waals surface area contributed by atoms with E-state index in [1.165, 1.54) is 26.4 Å². The predicted octanol–water partition coefficient (Wildman–Crippen LogP) is 5.09. The molecule has 0 aliphatic rings. The van der Waals surface area contributed by atoms with E-state index in [9.17, 15) is 0 Å². The Hall–Kier alpha value is -1.12. The summed E-state index contributed by atoms with van der Waals surface area (Å²) in [5.41, 5.74) is 4.09. The Morgan fingerprint density at radius 1 is 0.895 bits per heavy atom. The van der Waals surface area contributed by atoms with Gasteiger partial charge in [-0.25, -0.2) is 0 Å². The van der Waals surface area contributed by atoms with Crippen molar-refractivity contribution in [3.05, 3.63) is 56.8 Å². The Morgan fingerprint density at radius 3 is 2.21 bits per heavy atom. The van der Waals surface area contributed by atoms with Crippen LogP contribution in [0.1, 0.15) is 52.4 Å². The maximum Gasteiger partial charge on any atom is 0.0391 e. The van der Waals surface area contributed by atoms with Gasteiger partial charge in [0.15, 0.2) is 0 Å². The lowest BCUT2D eigenvalue weighted by atomic mass is 10.0. The molecule has 0 saturated carbocycles. The summed E-state index contributed by atoms with van der Waals surface area (Å²) in [4.78, 5) is 2.79. The molecule has 1 N–H and O–H groups in total. The number of aryl methyl sites for hydroxylation is 3. The van der Waals surface area contributed by atoms with Gasteiger partial charge in [-0.1, -0.05) is 18.2 Å². The first kappa shape index (κ1) is 14.3. The van der Waals surface area contributed by atoms with E-state index in [1.807, 2.05) is 11.3 Å². The van der Waals surface area contributed by atoms with Crippen LogP contribution in [0.4, 0.5) is 0 Å². The van der Waals surface area contributed by atoms with E-state index in [0.717, 1.165) is 0 Å². The van der Waals surface area contributed by atoms with E-state index in [4.69, 9.17) is 0 Å². The lowest BCUT2D eigenvalue weighted by Crippen LogP contribution is -2.21. The van der Waals surface area contributed by atoms with Crippen LogP contribution in [0.3, 0.4) is 0 Å². The smallest absolute Gasteiger partial charge is 0.0391 e. The van der Waals surface area contributed by atoms with Crippen LogP contribution < -0.4 is 5.32 Å². The zero-order valence-corrected chi connectivity index (χ0v) is 13.3. The molecule has 2 atom stereocenters. The van der Waals surface area contributed by atoms with Crippen LogP contribution in [0.2, 0.25) is 0 Å². The molecule has 2 rings (SSSR count). The molecule has 0 radical (unpaired) electrons. The molecule has 2 aromatic rings. The molecule has 0 saturated heterocycles. The Balaban J connectivity index is 2.07. The Labute approximate surface area is 120 Å². The van der Waals surface area contributed by atoms with Gasteiger partial charge in [0.2, 0.25) is 0 Å². The fraction of sp³-hybridized carbons (Fsp3) is 0.412. The number of hydrogen-bond acceptors (Lipinski definition) is 2.